The van der Waals surface area contributed by atoms with Gasteiger partial charge in [-0.15, -0.1) is 0 Å². The van der Waals surface area contributed by atoms with Gasteiger partial charge in [0.2, 0.25) is 5.88 Å². The Balaban J connectivity index is 2.10. The molecule has 4 heteroatoms. The molecule has 0 atom stereocenters. The third-order valence-electron chi connectivity index (χ3n) is 2.89. The van der Waals surface area contributed by atoms with Crippen molar-refractivity contribution in [3.05, 3.63) is 53.2 Å². The van der Waals surface area contributed by atoms with Crippen molar-refractivity contribution in [2.75, 3.05) is 6.61 Å². The van der Waals surface area contributed by atoms with Crippen molar-refractivity contribution in [3.8, 4) is 11.6 Å². The Hall–Kier alpha value is -1.91. The van der Waals surface area contributed by atoms with Gasteiger partial charge < -0.3 is 14.9 Å². The summed E-state index contributed by atoms with van der Waals surface area (Å²) < 4.78 is 5.64. The van der Waals surface area contributed by atoms with Crippen molar-refractivity contribution < 1.29 is 14.9 Å². The van der Waals surface area contributed by atoms with Gasteiger partial charge in [0.1, 0.15) is 5.75 Å². The lowest BCUT2D eigenvalue weighted by atomic mass is 10.1. The topological polar surface area (TPSA) is 62.6 Å². The molecule has 0 aliphatic rings. The fourth-order valence-corrected chi connectivity index (χ4v) is 1.76. The van der Waals surface area contributed by atoms with Crippen LogP contribution in [-0.2, 0) is 13.0 Å². The van der Waals surface area contributed by atoms with E-state index >= 15 is 0 Å². The van der Waals surface area contributed by atoms with Crippen LogP contribution < -0.4 is 4.74 Å². The summed E-state index contributed by atoms with van der Waals surface area (Å²) in [7, 11) is 0. The van der Waals surface area contributed by atoms with Gasteiger partial charge in [0.05, 0.1) is 6.61 Å². The lowest BCUT2D eigenvalue weighted by molar-refractivity contribution is 0.280. The smallest absolute Gasteiger partial charge is 0.219 e. The zero-order valence-electron chi connectivity index (χ0n) is 10.8. The maximum atomic E-state index is 9.08. The number of rotatable bonds is 5. The Bertz CT molecular complexity index is 538. The third kappa shape index (κ3) is 3.53. The van der Waals surface area contributed by atoms with E-state index < -0.39 is 0 Å². The molecular weight excluding hydrogens is 242 g/mol. The van der Waals surface area contributed by atoms with Gasteiger partial charge in [-0.25, -0.2) is 4.98 Å². The minimum Gasteiger partial charge on any atom is -0.439 e. The van der Waals surface area contributed by atoms with Crippen molar-refractivity contribution in [3.63, 3.8) is 0 Å². The molecule has 0 spiro atoms. The van der Waals surface area contributed by atoms with E-state index in [1.165, 1.54) is 0 Å². The normalized spacial score (nSPS) is 10.5. The van der Waals surface area contributed by atoms with Gasteiger partial charge in [-0.2, -0.15) is 0 Å². The summed E-state index contributed by atoms with van der Waals surface area (Å²) in [6.07, 6.45) is 0.642. The Morgan fingerprint density at radius 3 is 2.37 bits per heavy atom. The highest BCUT2D eigenvalue weighted by Crippen LogP contribution is 2.21. The molecule has 0 aliphatic carbocycles. The zero-order valence-corrected chi connectivity index (χ0v) is 10.8. The van der Waals surface area contributed by atoms with Gasteiger partial charge in [0.25, 0.3) is 0 Å². The third-order valence-corrected chi connectivity index (χ3v) is 2.89. The van der Waals surface area contributed by atoms with Crippen LogP contribution in [0.4, 0.5) is 0 Å². The van der Waals surface area contributed by atoms with Crippen LogP contribution >= 0.6 is 0 Å². The van der Waals surface area contributed by atoms with E-state index in [-0.39, 0.29) is 13.2 Å². The molecule has 0 aliphatic heterocycles. The van der Waals surface area contributed by atoms with E-state index in [0.717, 1.165) is 16.8 Å². The van der Waals surface area contributed by atoms with Crippen LogP contribution in [0.3, 0.4) is 0 Å². The Morgan fingerprint density at radius 2 is 1.79 bits per heavy atom. The molecule has 100 valence electrons. The van der Waals surface area contributed by atoms with Crippen LogP contribution in [0.1, 0.15) is 16.8 Å². The molecule has 0 fully saturated rings. The van der Waals surface area contributed by atoms with Gasteiger partial charge in [0.15, 0.2) is 0 Å². The van der Waals surface area contributed by atoms with Crippen LogP contribution in [-0.4, -0.2) is 21.8 Å². The molecular formula is C15H17NO3. The zero-order chi connectivity index (χ0) is 13.7. The Morgan fingerprint density at radius 1 is 1.05 bits per heavy atom. The van der Waals surface area contributed by atoms with Gasteiger partial charge in [-0.05, 0) is 42.7 Å². The van der Waals surface area contributed by atoms with Gasteiger partial charge in [-0.1, -0.05) is 12.1 Å². The standard InChI is InChI=1S/C15H17NO3/c1-11-13(10-18)4-7-15(16-11)19-14-5-2-12(3-6-14)8-9-17/h2-7,17-18H,8-10H2,1H3. The summed E-state index contributed by atoms with van der Waals surface area (Å²) in [4.78, 5) is 4.28. The predicted molar refractivity (Wildman–Crippen MR) is 72.2 cm³/mol. The quantitative estimate of drug-likeness (QED) is 0.864. The number of benzene rings is 1. The highest BCUT2D eigenvalue weighted by Gasteiger charge is 2.03. The maximum Gasteiger partial charge on any atom is 0.219 e. The largest absolute Gasteiger partial charge is 0.439 e. The van der Waals surface area contributed by atoms with Crippen molar-refractivity contribution >= 4 is 0 Å². The number of ether oxygens (including phenoxy) is 1. The molecule has 0 unspecified atom stereocenters. The molecule has 1 aromatic heterocycles. The Labute approximate surface area is 112 Å². The van der Waals surface area contributed by atoms with Crippen molar-refractivity contribution in [1.29, 1.82) is 0 Å². The molecule has 4 nitrogen and oxygen atoms in total. The number of hydrogen-bond donors (Lipinski definition) is 2. The first-order valence-corrected chi connectivity index (χ1v) is 6.18. The molecule has 0 amide bonds. The Kier molecular flexibility index (Phi) is 4.49. The van der Waals surface area contributed by atoms with Crippen molar-refractivity contribution in [2.24, 2.45) is 0 Å². The van der Waals surface area contributed by atoms with Gasteiger partial charge >= 0.3 is 0 Å². The summed E-state index contributed by atoms with van der Waals surface area (Å²) in [5.41, 5.74) is 2.62. The summed E-state index contributed by atoms with van der Waals surface area (Å²) >= 11 is 0. The summed E-state index contributed by atoms with van der Waals surface area (Å²) in [6.45, 7) is 1.96. The molecule has 0 saturated heterocycles. The number of aliphatic hydroxyl groups is 2. The molecule has 1 aromatic carbocycles. The number of aliphatic hydroxyl groups excluding tert-OH is 2. The lowest BCUT2D eigenvalue weighted by Gasteiger charge is -2.08. The van der Waals surface area contributed by atoms with Crippen LogP contribution in [0.5, 0.6) is 11.6 Å². The fourth-order valence-electron chi connectivity index (χ4n) is 1.76. The molecule has 2 rings (SSSR count). The second kappa shape index (κ2) is 6.31. The number of aryl methyl sites for hydroxylation is 1. The number of nitrogens with zero attached hydrogens (tertiary/aromatic N) is 1. The summed E-state index contributed by atoms with van der Waals surface area (Å²) in [5, 5.41) is 17.9. The molecule has 2 N–H and O–H groups in total. The summed E-state index contributed by atoms with van der Waals surface area (Å²) in [6, 6.07) is 11.1. The number of aromatic nitrogens is 1. The summed E-state index contributed by atoms with van der Waals surface area (Å²) in [5.74, 6) is 1.20. The highest BCUT2D eigenvalue weighted by molar-refractivity contribution is 5.32. The molecule has 0 radical (unpaired) electrons. The van der Waals surface area contributed by atoms with Crippen LogP contribution in [0.25, 0.3) is 0 Å². The first-order chi connectivity index (χ1) is 9.22. The minimum absolute atomic E-state index is 0.0189. The van der Waals surface area contributed by atoms with Gasteiger partial charge in [0, 0.05) is 18.4 Å². The number of pyridine rings is 1. The molecule has 19 heavy (non-hydrogen) atoms. The molecule has 2 aromatic rings. The van der Waals surface area contributed by atoms with Gasteiger partial charge in [-0.3, -0.25) is 0 Å². The van der Waals surface area contributed by atoms with E-state index in [0.29, 0.717) is 18.1 Å². The molecule has 1 heterocycles. The van der Waals surface area contributed by atoms with E-state index in [9.17, 15) is 0 Å². The number of hydrogen-bond acceptors (Lipinski definition) is 4. The fraction of sp³-hybridized carbons (Fsp3) is 0.267. The first kappa shape index (κ1) is 13.5. The highest BCUT2D eigenvalue weighted by atomic mass is 16.5. The van der Waals surface area contributed by atoms with Crippen LogP contribution in [0, 0.1) is 6.92 Å². The SMILES string of the molecule is Cc1nc(Oc2ccc(CCO)cc2)ccc1CO. The second-order valence-electron chi connectivity index (χ2n) is 4.27. The predicted octanol–water partition coefficient (Wildman–Crippen LogP) is 2.21. The van der Waals surface area contributed by atoms with E-state index in [4.69, 9.17) is 14.9 Å². The van der Waals surface area contributed by atoms with E-state index in [1.54, 1.807) is 12.1 Å². The van der Waals surface area contributed by atoms with E-state index in [2.05, 4.69) is 4.98 Å². The van der Waals surface area contributed by atoms with Crippen LogP contribution in [0.15, 0.2) is 36.4 Å². The van der Waals surface area contributed by atoms with Crippen molar-refractivity contribution in [1.82, 2.24) is 4.98 Å². The second-order valence-corrected chi connectivity index (χ2v) is 4.27. The van der Waals surface area contributed by atoms with E-state index in [1.807, 2.05) is 31.2 Å². The average Bonchev–Trinajstić information content (AvgIpc) is 2.42. The average molecular weight is 259 g/mol. The van der Waals surface area contributed by atoms with Crippen LogP contribution in [0.2, 0.25) is 0 Å². The minimum atomic E-state index is -0.0189. The lowest BCUT2D eigenvalue weighted by Crippen LogP contribution is -1.95. The maximum absolute atomic E-state index is 9.08. The monoisotopic (exact) mass is 259 g/mol. The van der Waals surface area contributed by atoms with Crippen molar-refractivity contribution in [2.45, 2.75) is 20.0 Å². The first-order valence-electron chi connectivity index (χ1n) is 6.18. The molecule has 0 saturated carbocycles. The molecule has 0 bridgehead atoms.